The summed E-state index contributed by atoms with van der Waals surface area (Å²) in [6.45, 7) is 7.68. The molecule has 0 amide bonds. The van der Waals surface area contributed by atoms with Crippen molar-refractivity contribution >= 4 is 8.07 Å². The topological polar surface area (TPSA) is 58.9 Å². The van der Waals surface area contributed by atoms with Gasteiger partial charge in [-0.1, -0.05) is 83.8 Å². The van der Waals surface area contributed by atoms with Gasteiger partial charge in [-0.15, -0.1) is 0 Å². The maximum atomic E-state index is 9.70. The smallest absolute Gasteiger partial charge is 0.151 e. The number of ether oxygens (including phenoxy) is 2. The third-order valence-electron chi connectivity index (χ3n) is 5.89. The van der Waals surface area contributed by atoms with Gasteiger partial charge in [0, 0.05) is 6.61 Å². The molecule has 0 aromatic heterocycles. The Hall–Kier alpha value is 0.0569. The fraction of sp³-hybridized carbons (Fsp3) is 1.00. The van der Waals surface area contributed by atoms with Crippen LogP contribution in [-0.2, 0) is 9.47 Å². The molecule has 1 aliphatic heterocycles. The highest BCUT2D eigenvalue weighted by Crippen LogP contribution is 2.38. The zero-order valence-corrected chi connectivity index (χ0v) is 18.6. The van der Waals surface area contributed by atoms with Crippen LogP contribution < -0.4 is 0 Å². The molecule has 1 aliphatic rings. The highest BCUT2D eigenvalue weighted by Gasteiger charge is 2.49. The number of aliphatic hydroxyl groups excluding tert-OH is 2. The van der Waals surface area contributed by atoms with E-state index in [0.29, 0.717) is 0 Å². The molecule has 5 heteroatoms. The third-order valence-corrected chi connectivity index (χ3v) is 10.1. The maximum Gasteiger partial charge on any atom is 0.151 e. The van der Waals surface area contributed by atoms with Crippen molar-refractivity contribution in [3.8, 4) is 0 Å². The van der Waals surface area contributed by atoms with Crippen molar-refractivity contribution in [2.75, 3.05) is 19.8 Å². The summed E-state index contributed by atoms with van der Waals surface area (Å²) in [5.41, 5.74) is -0.485. The molecule has 0 aliphatic carbocycles. The van der Waals surface area contributed by atoms with Crippen LogP contribution in [0, 0.1) is 0 Å². The first-order chi connectivity index (χ1) is 12.5. The molecule has 0 bridgehead atoms. The van der Waals surface area contributed by atoms with Gasteiger partial charge in [0.2, 0.25) is 0 Å². The summed E-state index contributed by atoms with van der Waals surface area (Å²) in [5, 5.41) is 18.8. The second-order valence-electron chi connectivity index (χ2n) is 8.67. The van der Waals surface area contributed by atoms with E-state index in [0.717, 1.165) is 25.9 Å². The van der Waals surface area contributed by atoms with Crippen LogP contribution >= 0.6 is 0 Å². The molecule has 1 fully saturated rings. The van der Waals surface area contributed by atoms with E-state index < -0.39 is 19.6 Å². The minimum absolute atomic E-state index is 0.171. The predicted molar refractivity (Wildman–Crippen MR) is 111 cm³/mol. The average molecular weight is 389 g/mol. The molecule has 1 heterocycles. The monoisotopic (exact) mass is 388 g/mol. The Bertz CT molecular complexity index is 343. The molecule has 0 aromatic carbocycles. The second-order valence-corrected chi connectivity index (χ2v) is 13.7. The summed E-state index contributed by atoms with van der Waals surface area (Å²) in [4.78, 5) is 0. The van der Waals surface area contributed by atoms with E-state index >= 15 is 0 Å². The van der Waals surface area contributed by atoms with Gasteiger partial charge < -0.3 is 19.7 Å². The van der Waals surface area contributed by atoms with Crippen molar-refractivity contribution < 1.29 is 19.7 Å². The van der Waals surface area contributed by atoms with Gasteiger partial charge in [-0.05, 0) is 19.3 Å². The van der Waals surface area contributed by atoms with E-state index in [1.807, 2.05) is 0 Å². The Morgan fingerprint density at radius 3 is 2.15 bits per heavy atom. The van der Waals surface area contributed by atoms with Gasteiger partial charge in [-0.2, -0.15) is 0 Å². The van der Waals surface area contributed by atoms with Crippen LogP contribution in [0.4, 0.5) is 0 Å². The summed E-state index contributed by atoms with van der Waals surface area (Å²) in [6, 6.07) is 1.21. The zero-order chi connectivity index (χ0) is 19.3. The van der Waals surface area contributed by atoms with Crippen molar-refractivity contribution in [2.24, 2.45) is 0 Å². The molecule has 2 unspecified atom stereocenters. The van der Waals surface area contributed by atoms with E-state index in [-0.39, 0.29) is 13.2 Å². The predicted octanol–water partition coefficient (Wildman–Crippen LogP) is 5.03. The van der Waals surface area contributed by atoms with E-state index in [1.54, 1.807) is 0 Å². The Kier molecular flexibility index (Phi) is 12.3. The van der Waals surface area contributed by atoms with Crippen molar-refractivity contribution in [1.29, 1.82) is 0 Å². The van der Waals surface area contributed by atoms with E-state index in [9.17, 15) is 5.11 Å². The van der Waals surface area contributed by atoms with Gasteiger partial charge in [0.25, 0.3) is 0 Å². The van der Waals surface area contributed by atoms with Crippen molar-refractivity contribution in [1.82, 2.24) is 0 Å². The standard InChI is InChI=1S/C21H44O4Si/c1-4-5-6-7-8-9-10-11-14-17-26(2,3)21(15-12-13-16-24-21)25-19-20(23)18-22/h20,22-23H,4-19H2,1-3H3. The average Bonchev–Trinajstić information content (AvgIpc) is 2.65. The molecule has 0 aromatic rings. The van der Waals surface area contributed by atoms with E-state index in [4.69, 9.17) is 14.6 Å². The summed E-state index contributed by atoms with van der Waals surface area (Å²) in [7, 11) is -1.76. The zero-order valence-electron chi connectivity index (χ0n) is 17.6. The van der Waals surface area contributed by atoms with Crippen LogP contribution in [0.1, 0.15) is 84.0 Å². The number of rotatable bonds is 15. The van der Waals surface area contributed by atoms with Crippen molar-refractivity contribution in [2.45, 2.75) is 115 Å². The summed E-state index contributed by atoms with van der Waals surface area (Å²) < 4.78 is 12.4. The lowest BCUT2D eigenvalue weighted by Gasteiger charge is -2.47. The van der Waals surface area contributed by atoms with Gasteiger partial charge in [0.15, 0.2) is 5.41 Å². The van der Waals surface area contributed by atoms with Crippen LogP contribution in [0.5, 0.6) is 0 Å². The van der Waals surface area contributed by atoms with E-state index in [2.05, 4.69) is 20.0 Å². The van der Waals surface area contributed by atoms with Crippen molar-refractivity contribution in [3.05, 3.63) is 0 Å². The number of aliphatic hydroxyl groups is 2. The highest BCUT2D eigenvalue weighted by molar-refractivity contribution is 6.79. The lowest BCUT2D eigenvalue weighted by atomic mass is 10.1. The van der Waals surface area contributed by atoms with Crippen LogP contribution in [-0.4, -0.2) is 49.6 Å². The molecule has 1 rings (SSSR count). The SMILES string of the molecule is CCCCCCCCCCC[Si](C)(C)C1(OCC(O)CO)CCCCO1. The molecule has 1 saturated heterocycles. The lowest BCUT2D eigenvalue weighted by molar-refractivity contribution is -0.218. The number of hydrogen-bond donors (Lipinski definition) is 2. The first kappa shape index (κ1) is 24.1. The first-order valence-corrected chi connectivity index (χ1v) is 14.2. The molecule has 2 atom stereocenters. The lowest BCUT2D eigenvalue weighted by Crippen LogP contribution is -2.60. The fourth-order valence-electron chi connectivity index (χ4n) is 3.96. The Morgan fingerprint density at radius 2 is 1.62 bits per heavy atom. The minimum atomic E-state index is -1.76. The van der Waals surface area contributed by atoms with Crippen molar-refractivity contribution in [3.63, 3.8) is 0 Å². The summed E-state index contributed by atoms with van der Waals surface area (Å²) >= 11 is 0. The first-order valence-electron chi connectivity index (χ1n) is 11.0. The summed E-state index contributed by atoms with van der Waals surface area (Å²) in [5.74, 6) is 0. The fourth-order valence-corrected chi connectivity index (χ4v) is 7.30. The molecule has 0 radical (unpaired) electrons. The molecular weight excluding hydrogens is 344 g/mol. The maximum absolute atomic E-state index is 9.70. The molecule has 0 spiro atoms. The van der Waals surface area contributed by atoms with Gasteiger partial charge >= 0.3 is 0 Å². The number of unbranched alkanes of at least 4 members (excludes halogenated alkanes) is 8. The quantitative estimate of drug-likeness (QED) is 0.305. The molecule has 156 valence electrons. The minimum Gasteiger partial charge on any atom is -0.394 e. The van der Waals surface area contributed by atoms with Crippen LogP contribution in [0.2, 0.25) is 19.1 Å². The van der Waals surface area contributed by atoms with E-state index in [1.165, 1.54) is 63.8 Å². The third kappa shape index (κ3) is 8.38. The Morgan fingerprint density at radius 1 is 1.00 bits per heavy atom. The molecule has 0 saturated carbocycles. The van der Waals surface area contributed by atoms with Crippen LogP contribution in [0.3, 0.4) is 0 Å². The molecule has 4 nitrogen and oxygen atoms in total. The number of hydrogen-bond acceptors (Lipinski definition) is 4. The largest absolute Gasteiger partial charge is 0.394 e. The van der Waals surface area contributed by atoms with Gasteiger partial charge in [0.05, 0.1) is 13.2 Å². The second kappa shape index (κ2) is 13.3. The Balaban J connectivity index is 2.35. The highest BCUT2D eigenvalue weighted by atomic mass is 28.3. The molecule has 2 N–H and O–H groups in total. The Labute approximate surface area is 162 Å². The van der Waals surface area contributed by atoms with Crippen LogP contribution in [0.25, 0.3) is 0 Å². The molecule has 26 heavy (non-hydrogen) atoms. The van der Waals surface area contributed by atoms with Gasteiger partial charge in [-0.3, -0.25) is 0 Å². The normalized spacial score (nSPS) is 22.5. The van der Waals surface area contributed by atoms with Crippen LogP contribution in [0.15, 0.2) is 0 Å². The summed E-state index contributed by atoms with van der Waals surface area (Å²) in [6.07, 6.45) is 14.5. The van der Waals surface area contributed by atoms with Gasteiger partial charge in [0.1, 0.15) is 14.2 Å². The van der Waals surface area contributed by atoms with Gasteiger partial charge in [-0.25, -0.2) is 0 Å². The molecular formula is C21H44O4Si.